The van der Waals surface area contributed by atoms with Crippen LogP contribution in [0.25, 0.3) is 10.9 Å². The van der Waals surface area contributed by atoms with Crippen LogP contribution in [-0.2, 0) is 13.5 Å². The van der Waals surface area contributed by atoms with E-state index in [-0.39, 0.29) is 0 Å². The maximum atomic E-state index is 6.05. The van der Waals surface area contributed by atoms with Crippen molar-refractivity contribution >= 4 is 22.5 Å². The number of aryl methyl sites for hydroxylation is 1. The van der Waals surface area contributed by atoms with Crippen molar-refractivity contribution in [3.05, 3.63) is 35.0 Å². The summed E-state index contributed by atoms with van der Waals surface area (Å²) in [5.41, 5.74) is 2.69. The summed E-state index contributed by atoms with van der Waals surface area (Å²) in [6.07, 6.45) is 4.72. The first kappa shape index (κ1) is 11.1. The SMILES string of the molecule is Cn1cc(CC2CCNC2)c2ccc(Cl)cc21. The Balaban J connectivity index is 1.98. The number of hydrogen-bond donors (Lipinski definition) is 1. The van der Waals surface area contributed by atoms with Gasteiger partial charge >= 0.3 is 0 Å². The Hall–Kier alpha value is -0.990. The van der Waals surface area contributed by atoms with Gasteiger partial charge in [0.2, 0.25) is 0 Å². The summed E-state index contributed by atoms with van der Waals surface area (Å²) < 4.78 is 2.18. The second-order valence-corrected chi connectivity index (χ2v) is 5.43. The van der Waals surface area contributed by atoms with Crippen LogP contribution in [-0.4, -0.2) is 17.7 Å². The minimum absolute atomic E-state index is 0.788. The fourth-order valence-corrected chi connectivity index (χ4v) is 2.97. The second-order valence-electron chi connectivity index (χ2n) is 4.99. The molecular weight excluding hydrogens is 232 g/mol. The molecule has 90 valence electrons. The molecule has 2 aromatic rings. The van der Waals surface area contributed by atoms with E-state index in [1.807, 2.05) is 12.1 Å². The highest BCUT2D eigenvalue weighted by atomic mass is 35.5. The van der Waals surface area contributed by atoms with Crippen LogP contribution >= 0.6 is 11.6 Å². The first-order chi connectivity index (χ1) is 8.24. The number of nitrogens with zero attached hydrogens (tertiary/aromatic N) is 1. The molecule has 1 fully saturated rings. The van der Waals surface area contributed by atoms with Gasteiger partial charge in [-0.2, -0.15) is 0 Å². The fraction of sp³-hybridized carbons (Fsp3) is 0.429. The fourth-order valence-electron chi connectivity index (χ4n) is 2.80. The minimum atomic E-state index is 0.788. The van der Waals surface area contributed by atoms with E-state index < -0.39 is 0 Å². The average Bonchev–Trinajstić information content (AvgIpc) is 2.89. The molecule has 0 spiro atoms. The van der Waals surface area contributed by atoms with E-state index in [9.17, 15) is 0 Å². The summed E-state index contributed by atoms with van der Waals surface area (Å²) in [4.78, 5) is 0. The third-order valence-electron chi connectivity index (χ3n) is 3.71. The summed E-state index contributed by atoms with van der Waals surface area (Å²) in [7, 11) is 2.09. The van der Waals surface area contributed by atoms with Gasteiger partial charge in [-0.3, -0.25) is 0 Å². The number of halogens is 1. The molecule has 1 aliphatic rings. The number of fused-ring (bicyclic) bond motifs is 1. The van der Waals surface area contributed by atoms with Crippen LogP contribution in [0.3, 0.4) is 0 Å². The lowest BCUT2D eigenvalue weighted by Gasteiger charge is -2.06. The smallest absolute Gasteiger partial charge is 0.0495 e. The summed E-state index contributed by atoms with van der Waals surface area (Å²) in [5.74, 6) is 0.788. The lowest BCUT2D eigenvalue weighted by atomic mass is 9.98. The van der Waals surface area contributed by atoms with Gasteiger partial charge in [0.15, 0.2) is 0 Å². The molecule has 3 rings (SSSR count). The number of hydrogen-bond acceptors (Lipinski definition) is 1. The van der Waals surface area contributed by atoms with Crippen molar-refractivity contribution in [3.8, 4) is 0 Å². The van der Waals surface area contributed by atoms with Crippen LogP contribution in [0.5, 0.6) is 0 Å². The molecule has 2 nitrogen and oxygen atoms in total. The monoisotopic (exact) mass is 248 g/mol. The molecule has 0 radical (unpaired) electrons. The average molecular weight is 249 g/mol. The van der Waals surface area contributed by atoms with Crippen molar-refractivity contribution in [2.45, 2.75) is 12.8 Å². The van der Waals surface area contributed by atoms with Crippen molar-refractivity contribution in [2.75, 3.05) is 13.1 Å². The number of nitrogens with one attached hydrogen (secondary N) is 1. The molecule has 3 heteroatoms. The van der Waals surface area contributed by atoms with Gasteiger partial charge in [-0.1, -0.05) is 17.7 Å². The quantitative estimate of drug-likeness (QED) is 0.865. The van der Waals surface area contributed by atoms with Gasteiger partial charge in [0.1, 0.15) is 0 Å². The summed E-state index contributed by atoms with van der Waals surface area (Å²) in [6.45, 7) is 2.32. The molecule has 1 aliphatic heterocycles. The van der Waals surface area contributed by atoms with Crippen LogP contribution in [0, 0.1) is 5.92 Å². The Morgan fingerprint density at radius 1 is 1.47 bits per heavy atom. The predicted octanol–water partition coefficient (Wildman–Crippen LogP) is 2.98. The number of aromatic nitrogens is 1. The molecule has 0 saturated carbocycles. The molecule has 0 amide bonds. The molecule has 17 heavy (non-hydrogen) atoms. The predicted molar refractivity (Wildman–Crippen MR) is 72.6 cm³/mol. The van der Waals surface area contributed by atoms with Crippen LogP contribution in [0.2, 0.25) is 5.02 Å². The minimum Gasteiger partial charge on any atom is -0.350 e. The third-order valence-corrected chi connectivity index (χ3v) is 3.94. The molecule has 2 heterocycles. The van der Waals surface area contributed by atoms with Gasteiger partial charge in [0, 0.05) is 29.2 Å². The number of benzene rings is 1. The van der Waals surface area contributed by atoms with E-state index in [4.69, 9.17) is 11.6 Å². The number of rotatable bonds is 2. The molecule has 1 atom stereocenters. The highest BCUT2D eigenvalue weighted by molar-refractivity contribution is 6.31. The normalized spacial score (nSPS) is 20.2. The molecule has 1 aromatic heterocycles. The first-order valence-corrected chi connectivity index (χ1v) is 6.56. The van der Waals surface area contributed by atoms with Crippen molar-refractivity contribution in [1.29, 1.82) is 0 Å². The van der Waals surface area contributed by atoms with E-state index in [0.29, 0.717) is 0 Å². The zero-order valence-corrected chi connectivity index (χ0v) is 10.8. The lowest BCUT2D eigenvalue weighted by molar-refractivity contribution is 0.581. The summed E-state index contributed by atoms with van der Waals surface area (Å²) in [5, 5.41) is 5.59. The molecular formula is C14H17ClN2. The van der Waals surface area contributed by atoms with E-state index in [0.717, 1.165) is 17.5 Å². The third kappa shape index (κ3) is 2.07. The van der Waals surface area contributed by atoms with Crippen LogP contribution in [0.15, 0.2) is 24.4 Å². The second kappa shape index (κ2) is 4.35. The Kier molecular flexibility index (Phi) is 2.85. The summed E-state index contributed by atoms with van der Waals surface area (Å²) in [6, 6.07) is 6.18. The molecule has 0 aliphatic carbocycles. The lowest BCUT2D eigenvalue weighted by Crippen LogP contribution is -2.10. The van der Waals surface area contributed by atoms with Gasteiger partial charge in [-0.05, 0) is 49.5 Å². The summed E-state index contributed by atoms with van der Waals surface area (Å²) >= 11 is 6.05. The highest BCUT2D eigenvalue weighted by Gasteiger charge is 2.17. The van der Waals surface area contributed by atoms with Crippen LogP contribution in [0.4, 0.5) is 0 Å². The Morgan fingerprint density at radius 2 is 2.35 bits per heavy atom. The van der Waals surface area contributed by atoms with Crippen molar-refractivity contribution in [3.63, 3.8) is 0 Å². The van der Waals surface area contributed by atoms with E-state index in [1.54, 1.807) is 0 Å². The van der Waals surface area contributed by atoms with Gasteiger partial charge in [-0.25, -0.2) is 0 Å². The van der Waals surface area contributed by atoms with Crippen molar-refractivity contribution in [1.82, 2.24) is 9.88 Å². The van der Waals surface area contributed by atoms with Gasteiger partial charge in [0.05, 0.1) is 0 Å². The topological polar surface area (TPSA) is 17.0 Å². The Labute approximate surface area is 107 Å². The Morgan fingerprint density at radius 3 is 3.12 bits per heavy atom. The zero-order valence-electron chi connectivity index (χ0n) is 10.0. The zero-order chi connectivity index (χ0) is 11.8. The van der Waals surface area contributed by atoms with Gasteiger partial charge < -0.3 is 9.88 Å². The standard InChI is InChI=1S/C14H17ClN2/c1-17-9-11(6-10-4-5-16-8-10)13-3-2-12(15)7-14(13)17/h2-3,7,9-10,16H,4-6,8H2,1H3. The van der Waals surface area contributed by atoms with E-state index in [2.05, 4.69) is 29.2 Å². The maximum Gasteiger partial charge on any atom is 0.0495 e. The first-order valence-electron chi connectivity index (χ1n) is 6.18. The van der Waals surface area contributed by atoms with Crippen LogP contribution in [0.1, 0.15) is 12.0 Å². The largest absolute Gasteiger partial charge is 0.350 e. The molecule has 1 N–H and O–H groups in total. The van der Waals surface area contributed by atoms with E-state index >= 15 is 0 Å². The molecule has 1 unspecified atom stereocenters. The molecule has 1 aromatic carbocycles. The van der Waals surface area contributed by atoms with E-state index in [1.165, 1.54) is 35.9 Å². The van der Waals surface area contributed by atoms with Crippen molar-refractivity contribution in [2.24, 2.45) is 13.0 Å². The van der Waals surface area contributed by atoms with Gasteiger partial charge in [-0.15, -0.1) is 0 Å². The van der Waals surface area contributed by atoms with Crippen LogP contribution < -0.4 is 5.32 Å². The van der Waals surface area contributed by atoms with Gasteiger partial charge in [0.25, 0.3) is 0 Å². The molecule has 1 saturated heterocycles. The molecule has 0 bridgehead atoms. The highest BCUT2D eigenvalue weighted by Crippen LogP contribution is 2.27. The van der Waals surface area contributed by atoms with Crippen molar-refractivity contribution < 1.29 is 0 Å². The Bertz CT molecular complexity index is 538. The maximum absolute atomic E-state index is 6.05.